The van der Waals surface area contributed by atoms with Crippen molar-refractivity contribution in [2.45, 2.75) is 0 Å². The zero-order chi connectivity index (χ0) is 13.1. The highest BCUT2D eigenvalue weighted by atomic mass is 35.5. The number of nitrogens with zero attached hydrogens (tertiary/aromatic N) is 1. The highest BCUT2D eigenvalue weighted by Crippen LogP contribution is 2.36. The number of hydrogen-bond acceptors (Lipinski definition) is 3. The van der Waals surface area contributed by atoms with Gasteiger partial charge in [-0.15, -0.1) is 0 Å². The van der Waals surface area contributed by atoms with Gasteiger partial charge in [0.25, 0.3) is 0 Å². The van der Waals surface area contributed by atoms with E-state index in [1.165, 1.54) is 7.11 Å². The zero-order valence-electron chi connectivity index (χ0n) is 9.48. The molecule has 0 amide bonds. The molecule has 0 radical (unpaired) electrons. The first-order chi connectivity index (χ1) is 8.69. The SMILES string of the molecule is COc1nccc(-c2cccc(Cl)c2Cl)c1C=O. The number of pyridine rings is 1. The molecule has 0 aliphatic heterocycles. The topological polar surface area (TPSA) is 39.2 Å². The summed E-state index contributed by atoms with van der Waals surface area (Å²) in [6.07, 6.45) is 2.25. The quantitative estimate of drug-likeness (QED) is 0.802. The van der Waals surface area contributed by atoms with Crippen LogP contribution in [-0.4, -0.2) is 18.4 Å². The maximum absolute atomic E-state index is 11.2. The molecule has 0 fully saturated rings. The predicted molar refractivity (Wildman–Crippen MR) is 71.6 cm³/mol. The molecule has 0 atom stereocenters. The fourth-order valence-electron chi connectivity index (χ4n) is 1.68. The van der Waals surface area contributed by atoms with E-state index in [4.69, 9.17) is 27.9 Å². The second-order valence-corrected chi connectivity index (χ2v) is 4.29. The van der Waals surface area contributed by atoms with Crippen molar-refractivity contribution in [1.82, 2.24) is 4.98 Å². The van der Waals surface area contributed by atoms with Crippen LogP contribution in [0.1, 0.15) is 10.4 Å². The van der Waals surface area contributed by atoms with Gasteiger partial charge in [-0.3, -0.25) is 4.79 Å². The van der Waals surface area contributed by atoms with E-state index >= 15 is 0 Å². The summed E-state index contributed by atoms with van der Waals surface area (Å²) in [5.74, 6) is 0.263. The van der Waals surface area contributed by atoms with Crippen molar-refractivity contribution in [3.63, 3.8) is 0 Å². The van der Waals surface area contributed by atoms with Gasteiger partial charge in [-0.2, -0.15) is 0 Å². The van der Waals surface area contributed by atoms with Gasteiger partial charge in [0.15, 0.2) is 6.29 Å². The van der Waals surface area contributed by atoms with Crippen LogP contribution in [-0.2, 0) is 0 Å². The van der Waals surface area contributed by atoms with Gasteiger partial charge in [0.2, 0.25) is 5.88 Å². The fourth-order valence-corrected chi connectivity index (χ4v) is 2.08. The summed E-state index contributed by atoms with van der Waals surface area (Å²) in [6.45, 7) is 0. The molecule has 0 N–H and O–H groups in total. The maximum Gasteiger partial charge on any atom is 0.224 e. The van der Waals surface area contributed by atoms with Crippen LogP contribution in [0.4, 0.5) is 0 Å². The molecule has 2 aromatic rings. The van der Waals surface area contributed by atoms with Crippen molar-refractivity contribution in [1.29, 1.82) is 0 Å². The third-order valence-corrected chi connectivity index (χ3v) is 3.33. The monoisotopic (exact) mass is 281 g/mol. The van der Waals surface area contributed by atoms with Gasteiger partial charge in [0.05, 0.1) is 22.7 Å². The lowest BCUT2D eigenvalue weighted by molar-refractivity contribution is 0.112. The number of hydrogen-bond donors (Lipinski definition) is 0. The number of rotatable bonds is 3. The summed E-state index contributed by atoms with van der Waals surface area (Å²) < 4.78 is 5.05. The normalized spacial score (nSPS) is 10.2. The molecule has 2 rings (SSSR count). The highest BCUT2D eigenvalue weighted by Gasteiger charge is 2.14. The number of ether oxygens (including phenoxy) is 1. The van der Waals surface area contributed by atoms with Gasteiger partial charge in [0.1, 0.15) is 0 Å². The summed E-state index contributed by atoms with van der Waals surface area (Å²) in [5, 5.41) is 0.831. The number of methoxy groups -OCH3 is 1. The van der Waals surface area contributed by atoms with Crippen LogP contribution in [0, 0.1) is 0 Å². The van der Waals surface area contributed by atoms with Crippen LogP contribution in [0.15, 0.2) is 30.5 Å². The smallest absolute Gasteiger partial charge is 0.224 e. The number of aromatic nitrogens is 1. The first-order valence-corrected chi connectivity index (χ1v) is 5.87. The number of benzene rings is 1. The maximum atomic E-state index is 11.2. The predicted octanol–water partition coefficient (Wildman–Crippen LogP) is 3.88. The minimum absolute atomic E-state index is 0.263. The summed E-state index contributed by atoms with van der Waals surface area (Å²) in [5.41, 5.74) is 1.67. The summed E-state index contributed by atoms with van der Waals surface area (Å²) >= 11 is 12.1. The Morgan fingerprint density at radius 1 is 1.22 bits per heavy atom. The number of halogens is 2. The summed E-state index contributed by atoms with van der Waals surface area (Å²) in [6, 6.07) is 6.94. The third kappa shape index (κ3) is 2.19. The van der Waals surface area contributed by atoms with E-state index in [-0.39, 0.29) is 5.88 Å². The molecule has 0 spiro atoms. The van der Waals surface area contributed by atoms with Gasteiger partial charge in [-0.1, -0.05) is 35.3 Å². The van der Waals surface area contributed by atoms with Gasteiger partial charge < -0.3 is 4.74 Å². The largest absolute Gasteiger partial charge is 0.480 e. The lowest BCUT2D eigenvalue weighted by Crippen LogP contribution is -1.97. The number of aldehydes is 1. The van der Waals surface area contributed by atoms with E-state index in [0.29, 0.717) is 33.0 Å². The van der Waals surface area contributed by atoms with E-state index in [2.05, 4.69) is 4.98 Å². The summed E-state index contributed by atoms with van der Waals surface area (Å²) in [4.78, 5) is 15.2. The molecule has 1 aromatic heterocycles. The van der Waals surface area contributed by atoms with E-state index in [9.17, 15) is 4.79 Å². The molecule has 0 saturated heterocycles. The van der Waals surface area contributed by atoms with Crippen molar-refractivity contribution in [3.05, 3.63) is 46.1 Å². The van der Waals surface area contributed by atoms with Crippen molar-refractivity contribution in [2.75, 3.05) is 7.11 Å². The van der Waals surface area contributed by atoms with Crippen LogP contribution in [0.5, 0.6) is 5.88 Å². The third-order valence-electron chi connectivity index (χ3n) is 2.51. The second kappa shape index (κ2) is 5.38. The fraction of sp³-hybridized carbons (Fsp3) is 0.0769. The molecule has 0 aliphatic carbocycles. The molecule has 5 heteroatoms. The van der Waals surface area contributed by atoms with Gasteiger partial charge in [-0.05, 0) is 12.1 Å². The van der Waals surface area contributed by atoms with Gasteiger partial charge >= 0.3 is 0 Å². The van der Waals surface area contributed by atoms with Crippen LogP contribution in [0.3, 0.4) is 0 Å². The average molecular weight is 282 g/mol. The molecule has 0 saturated carbocycles. The second-order valence-electron chi connectivity index (χ2n) is 3.50. The standard InChI is InChI=1S/C13H9Cl2NO2/c1-18-13-10(7-17)8(5-6-16-13)9-3-2-4-11(14)12(9)15/h2-7H,1H3. The van der Waals surface area contributed by atoms with Gasteiger partial charge in [0, 0.05) is 17.3 Å². The van der Waals surface area contributed by atoms with E-state index in [0.717, 1.165) is 0 Å². The molecule has 1 heterocycles. The molecule has 18 heavy (non-hydrogen) atoms. The first kappa shape index (κ1) is 12.9. The van der Waals surface area contributed by atoms with Crippen molar-refractivity contribution in [2.24, 2.45) is 0 Å². The van der Waals surface area contributed by atoms with Crippen LogP contribution in [0.25, 0.3) is 11.1 Å². The van der Waals surface area contributed by atoms with E-state index < -0.39 is 0 Å². The molecule has 0 aliphatic rings. The van der Waals surface area contributed by atoms with Crippen molar-refractivity contribution in [3.8, 4) is 17.0 Å². The Kier molecular flexibility index (Phi) is 3.84. The van der Waals surface area contributed by atoms with Crippen LogP contribution in [0.2, 0.25) is 10.0 Å². The summed E-state index contributed by atoms with van der Waals surface area (Å²) in [7, 11) is 1.46. The molecular weight excluding hydrogens is 273 g/mol. The minimum atomic E-state index is 0.263. The van der Waals surface area contributed by atoms with E-state index in [1.807, 2.05) is 0 Å². The minimum Gasteiger partial charge on any atom is -0.480 e. The zero-order valence-corrected chi connectivity index (χ0v) is 11.0. The average Bonchev–Trinajstić information content (AvgIpc) is 2.41. The number of carbonyl (C=O) groups is 1. The lowest BCUT2D eigenvalue weighted by Gasteiger charge is -2.10. The van der Waals surface area contributed by atoms with Crippen molar-refractivity contribution < 1.29 is 9.53 Å². The molecule has 0 bridgehead atoms. The highest BCUT2D eigenvalue weighted by molar-refractivity contribution is 6.43. The molecule has 0 unspecified atom stereocenters. The van der Waals surface area contributed by atoms with Crippen LogP contribution >= 0.6 is 23.2 Å². The lowest BCUT2D eigenvalue weighted by atomic mass is 10.0. The first-order valence-electron chi connectivity index (χ1n) is 5.11. The Morgan fingerprint density at radius 3 is 2.67 bits per heavy atom. The van der Waals surface area contributed by atoms with E-state index in [1.54, 1.807) is 30.5 Å². The molecule has 92 valence electrons. The molecular formula is C13H9Cl2NO2. The Morgan fingerprint density at radius 2 is 2.00 bits per heavy atom. The van der Waals surface area contributed by atoms with Gasteiger partial charge in [-0.25, -0.2) is 4.98 Å². The Bertz CT molecular complexity index is 600. The van der Waals surface area contributed by atoms with Crippen molar-refractivity contribution >= 4 is 29.5 Å². The Hall–Kier alpha value is -1.58. The Labute approximate surface area is 114 Å². The molecule has 3 nitrogen and oxygen atoms in total. The Balaban J connectivity index is 2.71. The number of carbonyl (C=O) groups excluding carboxylic acids is 1. The van der Waals surface area contributed by atoms with Crippen LogP contribution < -0.4 is 4.74 Å². The molecule has 1 aromatic carbocycles.